The molecule has 0 fully saturated rings. The van der Waals surface area contributed by atoms with Gasteiger partial charge >= 0.3 is 0 Å². The Balaban J connectivity index is 3.80. The Hall–Kier alpha value is 0. The van der Waals surface area contributed by atoms with Crippen molar-refractivity contribution in [3.05, 3.63) is 0 Å². The van der Waals surface area contributed by atoms with E-state index in [1.54, 1.807) is 0 Å². The maximum Gasteiger partial charge on any atom is -0.0357 e. The summed E-state index contributed by atoms with van der Waals surface area (Å²) < 4.78 is 0. The molecule has 1 atom stereocenters. The summed E-state index contributed by atoms with van der Waals surface area (Å²) in [7, 11) is 0. The van der Waals surface area contributed by atoms with Gasteiger partial charge in [0.25, 0.3) is 0 Å². The lowest BCUT2D eigenvalue weighted by atomic mass is 9.76. The lowest BCUT2D eigenvalue weighted by Gasteiger charge is -2.30. The molecule has 0 bridgehead atoms. The molecular weight excluding hydrogens is 144 g/mol. The van der Waals surface area contributed by atoms with Crippen LogP contribution in [-0.2, 0) is 0 Å². The molecule has 0 aliphatic carbocycles. The van der Waals surface area contributed by atoms with Crippen molar-refractivity contribution in [3.8, 4) is 0 Å². The molecule has 0 aromatic carbocycles. The Kier molecular flexibility index (Phi) is 3.81. The van der Waals surface area contributed by atoms with Gasteiger partial charge in [0, 0.05) is 0 Å². The summed E-state index contributed by atoms with van der Waals surface area (Å²) in [6.45, 7) is 16.3. The maximum absolute atomic E-state index is 2.37. The van der Waals surface area contributed by atoms with E-state index in [-0.39, 0.29) is 0 Å². The molecule has 74 valence electrons. The molecule has 0 N–H and O–H groups in total. The van der Waals surface area contributed by atoms with Crippen LogP contribution in [0.2, 0.25) is 0 Å². The average molecular weight is 170 g/mol. The largest absolute Gasteiger partial charge is 0.0620 e. The quantitative estimate of drug-likeness (QED) is 0.572. The molecular formula is C12H26. The summed E-state index contributed by atoms with van der Waals surface area (Å²) in [5.74, 6) is 0.830. The highest BCUT2D eigenvalue weighted by Crippen LogP contribution is 2.32. The van der Waals surface area contributed by atoms with E-state index < -0.39 is 0 Å². The molecule has 12 heavy (non-hydrogen) atoms. The highest BCUT2D eigenvalue weighted by molar-refractivity contribution is 4.72. The SMILES string of the molecule is CC(CCC(C)(C)C)C(C)(C)C. The molecule has 0 aromatic heterocycles. The van der Waals surface area contributed by atoms with Crippen LogP contribution in [0.1, 0.15) is 61.3 Å². The van der Waals surface area contributed by atoms with E-state index in [0.717, 1.165) is 5.92 Å². The molecule has 0 aliphatic rings. The molecule has 0 nitrogen and oxygen atoms in total. The number of hydrogen-bond donors (Lipinski definition) is 0. The average Bonchev–Trinajstić information content (AvgIpc) is 1.78. The third-order valence-electron chi connectivity index (χ3n) is 2.81. The van der Waals surface area contributed by atoms with Gasteiger partial charge in [-0.25, -0.2) is 0 Å². The first-order chi connectivity index (χ1) is 5.13. The van der Waals surface area contributed by atoms with Crippen molar-refractivity contribution < 1.29 is 0 Å². The van der Waals surface area contributed by atoms with Crippen LogP contribution in [0.5, 0.6) is 0 Å². The summed E-state index contributed by atoms with van der Waals surface area (Å²) in [4.78, 5) is 0. The highest BCUT2D eigenvalue weighted by Gasteiger charge is 2.21. The zero-order valence-electron chi connectivity index (χ0n) is 9.99. The predicted octanol–water partition coefficient (Wildman–Crippen LogP) is 4.49. The molecule has 0 aliphatic heterocycles. The predicted molar refractivity (Wildman–Crippen MR) is 57.3 cm³/mol. The van der Waals surface area contributed by atoms with Gasteiger partial charge in [-0.05, 0) is 29.6 Å². The molecule has 0 aromatic rings. The fraction of sp³-hybridized carbons (Fsp3) is 1.00. The third-order valence-corrected chi connectivity index (χ3v) is 2.81. The van der Waals surface area contributed by atoms with Crippen LogP contribution in [-0.4, -0.2) is 0 Å². The summed E-state index contributed by atoms with van der Waals surface area (Å²) in [6, 6.07) is 0. The minimum absolute atomic E-state index is 0.477. The summed E-state index contributed by atoms with van der Waals surface area (Å²) in [5.41, 5.74) is 0.977. The molecule has 0 heteroatoms. The Morgan fingerprint density at radius 2 is 1.33 bits per heavy atom. The summed E-state index contributed by atoms with van der Waals surface area (Å²) >= 11 is 0. The van der Waals surface area contributed by atoms with E-state index in [1.165, 1.54) is 12.8 Å². The van der Waals surface area contributed by atoms with Crippen molar-refractivity contribution in [3.63, 3.8) is 0 Å². The first kappa shape index (κ1) is 12.0. The monoisotopic (exact) mass is 170 g/mol. The summed E-state index contributed by atoms with van der Waals surface area (Å²) in [5, 5.41) is 0. The van der Waals surface area contributed by atoms with E-state index in [1.807, 2.05) is 0 Å². The summed E-state index contributed by atoms with van der Waals surface area (Å²) in [6.07, 6.45) is 2.69. The zero-order valence-corrected chi connectivity index (χ0v) is 9.99. The number of rotatable bonds is 2. The zero-order chi connectivity index (χ0) is 9.99. The van der Waals surface area contributed by atoms with E-state index >= 15 is 0 Å². The highest BCUT2D eigenvalue weighted by atomic mass is 14.3. The van der Waals surface area contributed by atoms with Crippen molar-refractivity contribution in [2.45, 2.75) is 61.3 Å². The van der Waals surface area contributed by atoms with Gasteiger partial charge in [0.1, 0.15) is 0 Å². The van der Waals surface area contributed by atoms with Crippen LogP contribution in [0.15, 0.2) is 0 Å². The van der Waals surface area contributed by atoms with Crippen LogP contribution in [0, 0.1) is 16.7 Å². The van der Waals surface area contributed by atoms with E-state index in [9.17, 15) is 0 Å². The van der Waals surface area contributed by atoms with Crippen molar-refractivity contribution in [1.29, 1.82) is 0 Å². The smallest absolute Gasteiger partial charge is 0.0357 e. The standard InChI is InChI=1S/C12H26/c1-10(12(5,6)7)8-9-11(2,3)4/h10H,8-9H2,1-7H3. The van der Waals surface area contributed by atoms with Crippen LogP contribution < -0.4 is 0 Å². The minimum Gasteiger partial charge on any atom is -0.0620 e. The Morgan fingerprint density at radius 3 is 1.58 bits per heavy atom. The van der Waals surface area contributed by atoms with Gasteiger partial charge in [-0.3, -0.25) is 0 Å². The molecule has 0 radical (unpaired) electrons. The van der Waals surface area contributed by atoms with E-state index in [2.05, 4.69) is 48.5 Å². The second-order valence-corrected chi connectivity index (χ2v) is 6.37. The van der Waals surface area contributed by atoms with E-state index in [0.29, 0.717) is 10.8 Å². The normalized spacial score (nSPS) is 16.2. The minimum atomic E-state index is 0.477. The molecule has 0 spiro atoms. The van der Waals surface area contributed by atoms with Gasteiger partial charge in [-0.1, -0.05) is 48.5 Å². The van der Waals surface area contributed by atoms with Crippen LogP contribution in [0.25, 0.3) is 0 Å². The van der Waals surface area contributed by atoms with Crippen LogP contribution in [0.4, 0.5) is 0 Å². The molecule has 0 heterocycles. The molecule has 0 saturated carbocycles. The lowest BCUT2D eigenvalue weighted by molar-refractivity contribution is 0.213. The Bertz CT molecular complexity index is 120. The van der Waals surface area contributed by atoms with E-state index in [4.69, 9.17) is 0 Å². The van der Waals surface area contributed by atoms with Crippen molar-refractivity contribution in [2.75, 3.05) is 0 Å². The fourth-order valence-electron chi connectivity index (χ4n) is 1.08. The van der Waals surface area contributed by atoms with Crippen molar-refractivity contribution in [1.82, 2.24) is 0 Å². The lowest BCUT2D eigenvalue weighted by Crippen LogP contribution is -2.19. The first-order valence-corrected chi connectivity index (χ1v) is 5.13. The molecule has 0 amide bonds. The van der Waals surface area contributed by atoms with Gasteiger partial charge in [-0.2, -0.15) is 0 Å². The Morgan fingerprint density at radius 1 is 0.917 bits per heavy atom. The second kappa shape index (κ2) is 3.81. The van der Waals surface area contributed by atoms with Crippen LogP contribution in [0.3, 0.4) is 0 Å². The number of hydrogen-bond acceptors (Lipinski definition) is 0. The fourth-order valence-corrected chi connectivity index (χ4v) is 1.08. The van der Waals surface area contributed by atoms with Crippen molar-refractivity contribution in [2.24, 2.45) is 16.7 Å². The maximum atomic E-state index is 2.37. The van der Waals surface area contributed by atoms with Crippen molar-refractivity contribution >= 4 is 0 Å². The van der Waals surface area contributed by atoms with Gasteiger partial charge in [0.05, 0.1) is 0 Å². The molecule has 1 unspecified atom stereocenters. The molecule has 0 saturated heterocycles. The van der Waals surface area contributed by atoms with Gasteiger partial charge in [-0.15, -0.1) is 0 Å². The van der Waals surface area contributed by atoms with Gasteiger partial charge in [0.2, 0.25) is 0 Å². The van der Waals surface area contributed by atoms with Gasteiger partial charge < -0.3 is 0 Å². The third kappa shape index (κ3) is 5.62. The molecule has 0 rings (SSSR count). The van der Waals surface area contributed by atoms with Crippen LogP contribution >= 0.6 is 0 Å². The first-order valence-electron chi connectivity index (χ1n) is 5.13. The Labute approximate surface area is 78.8 Å². The van der Waals surface area contributed by atoms with Gasteiger partial charge in [0.15, 0.2) is 0 Å². The second-order valence-electron chi connectivity index (χ2n) is 6.37. The topological polar surface area (TPSA) is 0 Å².